The summed E-state index contributed by atoms with van der Waals surface area (Å²) in [5.74, 6) is 0. The molecule has 0 aliphatic rings. The Kier molecular flexibility index (Phi) is 6.10. The number of allylic oxidation sites excluding steroid dienone is 1. The van der Waals surface area contributed by atoms with Crippen LogP contribution in [0.4, 0.5) is 0 Å². The third-order valence-electron chi connectivity index (χ3n) is 1.69. The van der Waals surface area contributed by atoms with Crippen molar-refractivity contribution in [2.75, 3.05) is 0 Å². The second kappa shape index (κ2) is 6.03. The van der Waals surface area contributed by atoms with Crippen LogP contribution in [0, 0.1) is 0 Å². The molecule has 6 heteroatoms. The number of hydrogen-bond acceptors (Lipinski definition) is 3. The van der Waals surface area contributed by atoms with Gasteiger partial charge in [0.05, 0.1) is 10.3 Å². The van der Waals surface area contributed by atoms with Crippen molar-refractivity contribution in [1.29, 1.82) is 0 Å². The first-order valence-electron chi connectivity index (χ1n) is 3.78. The molecule has 1 unspecified atom stereocenters. The zero-order valence-corrected chi connectivity index (χ0v) is 11.8. The van der Waals surface area contributed by atoms with E-state index in [4.69, 9.17) is 11.6 Å². The predicted octanol–water partition coefficient (Wildman–Crippen LogP) is -0.939. The van der Waals surface area contributed by atoms with Gasteiger partial charge in [0.15, 0.2) is 0 Å². The summed E-state index contributed by atoms with van der Waals surface area (Å²) in [6.07, 6.45) is 1.37. The summed E-state index contributed by atoms with van der Waals surface area (Å²) in [4.78, 5) is -0.292. The van der Waals surface area contributed by atoms with E-state index in [9.17, 15) is 13.0 Å². The molecule has 1 rings (SSSR count). The predicted molar refractivity (Wildman–Crippen MR) is 53.2 cm³/mol. The van der Waals surface area contributed by atoms with Gasteiger partial charge in [0.1, 0.15) is 10.1 Å². The van der Waals surface area contributed by atoms with Gasteiger partial charge in [-0.15, -0.1) is 18.2 Å². The zero-order chi connectivity index (χ0) is 10.8. The fourth-order valence-electron chi connectivity index (χ4n) is 1.06. The fraction of sp³-hybridized carbons (Fsp3) is 0.111. The van der Waals surface area contributed by atoms with Crippen molar-refractivity contribution in [2.24, 2.45) is 0 Å². The molecule has 1 aromatic rings. The molecule has 0 aromatic heterocycles. The van der Waals surface area contributed by atoms with Crippen molar-refractivity contribution in [3.8, 4) is 0 Å². The molecule has 76 valence electrons. The van der Waals surface area contributed by atoms with Crippen LogP contribution >= 0.6 is 11.6 Å². The van der Waals surface area contributed by atoms with Gasteiger partial charge in [-0.2, -0.15) is 0 Å². The molecular formula is C9H8ClNaO3S. The molecule has 0 fully saturated rings. The normalized spacial score (nSPS) is 12.7. The Morgan fingerprint density at radius 2 is 1.93 bits per heavy atom. The van der Waals surface area contributed by atoms with Crippen LogP contribution in [0.1, 0.15) is 10.9 Å². The molecule has 0 spiro atoms. The molecule has 0 heterocycles. The third kappa shape index (κ3) is 3.90. The summed E-state index contributed by atoms with van der Waals surface area (Å²) >= 11 is 5.78. The largest absolute Gasteiger partial charge is 1.00 e. The van der Waals surface area contributed by atoms with Gasteiger partial charge in [-0.25, -0.2) is 8.42 Å². The van der Waals surface area contributed by atoms with Gasteiger partial charge in [0.2, 0.25) is 0 Å². The Bertz CT molecular complexity index is 444. The molecule has 3 nitrogen and oxygen atoms in total. The fourth-order valence-corrected chi connectivity index (χ4v) is 2.05. The Balaban J connectivity index is 0.00000196. The Morgan fingerprint density at radius 3 is 2.40 bits per heavy atom. The van der Waals surface area contributed by atoms with Gasteiger partial charge in [0.25, 0.3) is 0 Å². The molecule has 0 amide bonds. The Labute approximate surface area is 116 Å². The van der Waals surface area contributed by atoms with Gasteiger partial charge in [0, 0.05) is 0 Å². The second-order valence-electron chi connectivity index (χ2n) is 2.63. The van der Waals surface area contributed by atoms with E-state index in [0.29, 0.717) is 0 Å². The SMILES string of the molecule is C=CC(Cl)c1ccccc1S(=O)(=O)[O-].[Na+]. The Hall–Kier alpha value is 0.160. The molecule has 0 saturated heterocycles. The Morgan fingerprint density at radius 1 is 1.40 bits per heavy atom. The molecule has 0 bridgehead atoms. The topological polar surface area (TPSA) is 57.2 Å². The van der Waals surface area contributed by atoms with Crippen LogP contribution < -0.4 is 29.6 Å². The number of benzene rings is 1. The maximum atomic E-state index is 10.8. The number of alkyl halides is 1. The van der Waals surface area contributed by atoms with Crippen LogP contribution in [-0.2, 0) is 10.1 Å². The average molecular weight is 255 g/mol. The molecule has 15 heavy (non-hydrogen) atoms. The van der Waals surface area contributed by atoms with E-state index in [2.05, 4.69) is 6.58 Å². The van der Waals surface area contributed by atoms with E-state index in [1.54, 1.807) is 6.07 Å². The maximum absolute atomic E-state index is 10.8. The molecule has 0 saturated carbocycles. The number of rotatable bonds is 3. The van der Waals surface area contributed by atoms with Gasteiger partial charge in [-0.3, -0.25) is 0 Å². The summed E-state index contributed by atoms with van der Waals surface area (Å²) in [6, 6.07) is 5.81. The van der Waals surface area contributed by atoms with E-state index in [0.717, 1.165) is 0 Å². The minimum Gasteiger partial charge on any atom is -0.744 e. The van der Waals surface area contributed by atoms with Crippen molar-refractivity contribution < 1.29 is 42.5 Å². The summed E-state index contributed by atoms with van der Waals surface area (Å²) in [7, 11) is -4.47. The first kappa shape index (κ1) is 15.2. The maximum Gasteiger partial charge on any atom is 1.00 e. The van der Waals surface area contributed by atoms with Crippen LogP contribution in [0.5, 0.6) is 0 Å². The van der Waals surface area contributed by atoms with E-state index in [-0.39, 0.29) is 40.0 Å². The quantitative estimate of drug-likeness (QED) is 0.303. The van der Waals surface area contributed by atoms with E-state index < -0.39 is 15.5 Å². The first-order valence-corrected chi connectivity index (χ1v) is 5.62. The van der Waals surface area contributed by atoms with Crippen molar-refractivity contribution in [3.63, 3.8) is 0 Å². The summed E-state index contributed by atoms with van der Waals surface area (Å²) < 4.78 is 32.5. The van der Waals surface area contributed by atoms with Gasteiger partial charge < -0.3 is 4.55 Å². The molecule has 1 aromatic carbocycles. The molecule has 0 N–H and O–H groups in total. The summed E-state index contributed by atoms with van der Waals surface area (Å²) in [5, 5.41) is -0.671. The second-order valence-corrected chi connectivity index (χ2v) is 4.45. The number of halogens is 1. The van der Waals surface area contributed by atoms with Gasteiger partial charge in [-0.1, -0.05) is 24.3 Å². The van der Waals surface area contributed by atoms with Crippen LogP contribution in [0.15, 0.2) is 41.8 Å². The molecule has 0 aliphatic heterocycles. The minimum atomic E-state index is -4.47. The molecule has 0 radical (unpaired) electrons. The summed E-state index contributed by atoms with van der Waals surface area (Å²) in [6.45, 7) is 3.43. The van der Waals surface area contributed by atoms with Gasteiger partial charge >= 0.3 is 29.6 Å². The van der Waals surface area contributed by atoms with Crippen LogP contribution in [0.2, 0.25) is 0 Å². The van der Waals surface area contributed by atoms with E-state index in [1.165, 1.54) is 24.3 Å². The van der Waals surface area contributed by atoms with Crippen molar-refractivity contribution in [1.82, 2.24) is 0 Å². The standard InChI is InChI=1S/C9H9ClO3S.Na/c1-2-8(10)7-5-3-4-6-9(7)14(11,12)13;/h2-6,8H,1H2,(H,11,12,13);/q;+1/p-1. The van der Waals surface area contributed by atoms with Crippen LogP contribution in [-0.4, -0.2) is 13.0 Å². The number of hydrogen-bond donors (Lipinski definition) is 0. The minimum absolute atomic E-state index is 0. The van der Waals surface area contributed by atoms with Crippen molar-refractivity contribution in [3.05, 3.63) is 42.5 Å². The van der Waals surface area contributed by atoms with Crippen molar-refractivity contribution >= 4 is 21.7 Å². The zero-order valence-electron chi connectivity index (χ0n) is 8.18. The van der Waals surface area contributed by atoms with E-state index in [1.807, 2.05) is 0 Å². The third-order valence-corrected chi connectivity index (χ3v) is 3.02. The average Bonchev–Trinajstić information content (AvgIpc) is 2.15. The van der Waals surface area contributed by atoms with Crippen LogP contribution in [0.3, 0.4) is 0 Å². The van der Waals surface area contributed by atoms with Gasteiger partial charge in [-0.05, 0) is 11.6 Å². The molecule has 1 atom stereocenters. The smallest absolute Gasteiger partial charge is 0.744 e. The van der Waals surface area contributed by atoms with Crippen LogP contribution in [0.25, 0.3) is 0 Å². The first-order chi connectivity index (χ1) is 6.46. The van der Waals surface area contributed by atoms with E-state index >= 15 is 0 Å². The van der Waals surface area contributed by atoms with Crippen molar-refractivity contribution in [2.45, 2.75) is 10.3 Å². The summed E-state index contributed by atoms with van der Waals surface area (Å²) in [5.41, 5.74) is 0.263. The molecular weight excluding hydrogens is 247 g/mol. The molecule has 0 aliphatic carbocycles. The monoisotopic (exact) mass is 254 g/mol.